The zero-order chi connectivity index (χ0) is 38.7. The molecule has 0 saturated carbocycles. The Labute approximate surface area is 345 Å². The molecule has 302 valence electrons. The topological polar surface area (TPSA) is 26.7 Å². The first-order chi connectivity index (χ1) is 25.1. The second kappa shape index (κ2) is 30.7. The van der Waals surface area contributed by atoms with Gasteiger partial charge < -0.3 is 14.9 Å². The molecule has 0 fully saturated rings. The second-order valence-corrected chi connectivity index (χ2v) is 17.4. The van der Waals surface area contributed by atoms with Crippen LogP contribution >= 0.6 is 49.7 Å². The maximum Gasteiger partial charge on any atom is 0.122 e. The molecule has 0 spiro atoms. The summed E-state index contributed by atoms with van der Waals surface area (Å²) < 4.78 is 0. The van der Waals surface area contributed by atoms with Crippen LogP contribution in [-0.2, 0) is 0 Å². The molecule has 1 aromatic carbocycles. The molecule has 52 heavy (non-hydrogen) atoms. The smallest absolute Gasteiger partial charge is 0.122 e. The van der Waals surface area contributed by atoms with E-state index >= 15 is 0 Å². The minimum absolute atomic E-state index is 0.281. The first-order valence-corrected chi connectivity index (χ1v) is 23.7. The van der Waals surface area contributed by atoms with Crippen LogP contribution in [0.3, 0.4) is 0 Å². The van der Waals surface area contributed by atoms with Crippen LogP contribution in [0.2, 0.25) is 0 Å². The van der Waals surface area contributed by atoms with E-state index in [4.69, 9.17) is 49.7 Å². The molecule has 1 N–H and O–H groups in total. The van der Waals surface area contributed by atoms with Gasteiger partial charge in [-0.3, -0.25) is 0 Å². The van der Waals surface area contributed by atoms with E-state index in [1.165, 1.54) is 128 Å². The van der Waals surface area contributed by atoms with E-state index in [1.54, 1.807) is 0 Å². The Kier molecular flexibility index (Phi) is 29.2. The van der Waals surface area contributed by atoms with Crippen molar-refractivity contribution in [2.24, 2.45) is 0 Å². The normalized spacial score (nSPS) is 12.6. The highest BCUT2D eigenvalue weighted by atomic mass is 32.1. The van der Waals surface area contributed by atoms with Crippen LogP contribution in [0, 0.1) is 20.8 Å². The maximum atomic E-state index is 11.6. The number of rotatable bonds is 32. The summed E-state index contributed by atoms with van der Waals surface area (Å²) in [7, 11) is 0. The van der Waals surface area contributed by atoms with Gasteiger partial charge >= 0.3 is 0 Å². The third kappa shape index (κ3) is 18.4. The van der Waals surface area contributed by atoms with Crippen LogP contribution in [-0.4, -0.2) is 51.1 Å². The van der Waals surface area contributed by atoms with Crippen LogP contribution in [0.5, 0.6) is 5.75 Å². The Balaban J connectivity index is 3.29. The van der Waals surface area contributed by atoms with Gasteiger partial charge in [0.2, 0.25) is 0 Å². The Morgan fingerprint density at radius 2 is 0.673 bits per heavy atom. The number of benzene rings is 1. The number of hydrogen-bond donors (Lipinski definition) is 3. The maximum absolute atomic E-state index is 11.6. The Bertz CT molecular complexity index is 996. The molecular formula is C45H82N2OS4. The molecule has 7 heteroatoms. The lowest BCUT2D eigenvalue weighted by molar-refractivity contribution is 0.384. The van der Waals surface area contributed by atoms with Crippen molar-refractivity contribution in [2.75, 3.05) is 26.2 Å². The Morgan fingerprint density at radius 1 is 0.442 bits per heavy atom. The molecule has 0 amide bonds. The molecule has 0 bridgehead atoms. The van der Waals surface area contributed by atoms with Crippen LogP contribution in [0.15, 0.2) is 0 Å². The summed E-state index contributed by atoms with van der Waals surface area (Å²) in [5.74, 6) is 0.330. The number of phenolic OH excluding ortho intramolecular Hbond substituents is 1. The standard InChI is InChI=1S/C45H82N2OS4/c1-8-12-16-20-24-28-32-46(33-29-25-21-17-13-9-2)44(51)42(49)39-36(5)40(38(7)41(48)37(39)6)43(50)45(52)47(34-30-26-22-18-14-10-3)35-31-27-23-19-15-11-4/h42-43,48-50H,8-35H2,1-7H3. The minimum Gasteiger partial charge on any atom is -0.507 e. The van der Waals surface area contributed by atoms with Crippen molar-refractivity contribution in [1.29, 1.82) is 0 Å². The average Bonchev–Trinajstić information content (AvgIpc) is 3.13. The summed E-state index contributed by atoms with van der Waals surface area (Å²) in [5.41, 5.74) is 4.94. The van der Waals surface area contributed by atoms with Crippen molar-refractivity contribution < 1.29 is 5.11 Å². The third-order valence-corrected chi connectivity index (χ3v) is 13.4. The van der Waals surface area contributed by atoms with Crippen molar-refractivity contribution in [3.63, 3.8) is 0 Å². The number of thiol groups is 2. The quantitative estimate of drug-likeness (QED) is 0.0384. The molecule has 0 aromatic heterocycles. The first kappa shape index (κ1) is 49.5. The van der Waals surface area contributed by atoms with Crippen molar-refractivity contribution in [2.45, 2.75) is 213 Å². The van der Waals surface area contributed by atoms with E-state index in [2.05, 4.69) is 44.4 Å². The predicted molar refractivity (Wildman–Crippen MR) is 248 cm³/mol. The van der Waals surface area contributed by atoms with Crippen LogP contribution in [0.4, 0.5) is 0 Å². The van der Waals surface area contributed by atoms with Crippen LogP contribution in [0.1, 0.15) is 220 Å². The summed E-state index contributed by atoms with van der Waals surface area (Å²) in [6.07, 6.45) is 30.4. The average molecular weight is 795 g/mol. The summed E-state index contributed by atoms with van der Waals surface area (Å²) >= 11 is 23.1. The van der Waals surface area contributed by atoms with Gasteiger partial charge in [0.15, 0.2) is 0 Å². The summed E-state index contributed by atoms with van der Waals surface area (Å²) in [6.45, 7) is 19.3. The minimum atomic E-state index is -0.281. The molecule has 2 unspecified atom stereocenters. The van der Waals surface area contributed by atoms with Gasteiger partial charge in [-0.1, -0.05) is 181 Å². The largest absolute Gasteiger partial charge is 0.507 e. The highest BCUT2D eigenvalue weighted by Gasteiger charge is 2.30. The van der Waals surface area contributed by atoms with E-state index in [-0.39, 0.29) is 10.5 Å². The van der Waals surface area contributed by atoms with Crippen molar-refractivity contribution >= 4 is 59.7 Å². The molecule has 0 aliphatic heterocycles. The monoisotopic (exact) mass is 795 g/mol. The number of thiocarbonyl (C=S) groups is 2. The van der Waals surface area contributed by atoms with Gasteiger partial charge in [0.1, 0.15) is 5.75 Å². The highest BCUT2D eigenvalue weighted by molar-refractivity contribution is 7.86. The zero-order valence-electron chi connectivity index (χ0n) is 35.0. The van der Waals surface area contributed by atoms with Gasteiger partial charge in [0.05, 0.1) is 20.5 Å². The molecule has 0 heterocycles. The molecule has 0 radical (unpaired) electrons. The lowest BCUT2D eigenvalue weighted by Crippen LogP contribution is -2.35. The van der Waals surface area contributed by atoms with Gasteiger partial charge in [0.25, 0.3) is 0 Å². The van der Waals surface area contributed by atoms with E-state index in [1.807, 2.05) is 13.8 Å². The summed E-state index contributed by atoms with van der Waals surface area (Å²) in [4.78, 5) is 6.65. The van der Waals surface area contributed by atoms with Gasteiger partial charge in [0, 0.05) is 26.2 Å². The van der Waals surface area contributed by atoms with Crippen molar-refractivity contribution in [3.8, 4) is 5.75 Å². The molecular weight excluding hydrogens is 713 g/mol. The van der Waals surface area contributed by atoms with E-state index < -0.39 is 0 Å². The van der Waals surface area contributed by atoms with E-state index in [9.17, 15) is 5.11 Å². The van der Waals surface area contributed by atoms with E-state index in [0.29, 0.717) is 5.75 Å². The molecule has 0 aliphatic carbocycles. The van der Waals surface area contributed by atoms with Gasteiger partial charge in [-0.15, -0.1) is 0 Å². The fraction of sp³-hybridized carbons (Fsp3) is 0.822. The summed E-state index contributed by atoms with van der Waals surface area (Å²) in [5, 5.41) is 11.1. The number of aromatic hydroxyl groups is 1. The van der Waals surface area contributed by atoms with Crippen molar-refractivity contribution in [1.82, 2.24) is 9.80 Å². The number of nitrogens with zero attached hydrogens (tertiary/aromatic N) is 2. The zero-order valence-corrected chi connectivity index (χ0v) is 38.4. The fourth-order valence-electron chi connectivity index (χ4n) is 7.65. The van der Waals surface area contributed by atoms with Gasteiger partial charge in [-0.05, 0) is 74.3 Å². The number of hydrogen-bond acceptors (Lipinski definition) is 5. The molecule has 3 nitrogen and oxygen atoms in total. The lowest BCUT2D eigenvalue weighted by atomic mass is 9.88. The SMILES string of the molecule is CCCCCCCCN(CCCCCCCC)C(=S)C(S)c1c(C)c(O)c(C)c(C(S)C(=S)N(CCCCCCCC)CCCCCCCC)c1C. The molecule has 0 aliphatic rings. The fourth-order valence-corrected chi connectivity index (χ4v) is 9.36. The van der Waals surface area contributed by atoms with Gasteiger partial charge in [-0.25, -0.2) is 0 Å². The second-order valence-electron chi connectivity index (χ2n) is 15.6. The Morgan fingerprint density at radius 3 is 0.923 bits per heavy atom. The molecule has 1 rings (SSSR count). The third-order valence-electron chi connectivity index (χ3n) is 11.1. The molecule has 1 aromatic rings. The molecule has 0 saturated heterocycles. The lowest BCUT2D eigenvalue weighted by Gasteiger charge is -2.33. The van der Waals surface area contributed by atoms with Crippen LogP contribution in [0.25, 0.3) is 0 Å². The van der Waals surface area contributed by atoms with Crippen molar-refractivity contribution in [3.05, 3.63) is 27.8 Å². The van der Waals surface area contributed by atoms with Crippen LogP contribution < -0.4 is 0 Å². The summed E-state index contributed by atoms with van der Waals surface area (Å²) in [6, 6.07) is 0. The Hall–Kier alpha value is -0.500. The van der Waals surface area contributed by atoms with E-state index in [0.717, 1.165) is 89.7 Å². The highest BCUT2D eigenvalue weighted by Crippen LogP contribution is 2.43. The number of unbranched alkanes of at least 4 members (excludes halogenated alkanes) is 20. The number of phenols is 1. The predicted octanol–water partition coefficient (Wildman–Crippen LogP) is 15.0. The van der Waals surface area contributed by atoms with Gasteiger partial charge in [-0.2, -0.15) is 25.3 Å². The first-order valence-electron chi connectivity index (χ1n) is 21.8. The molecule has 2 atom stereocenters.